The minimum absolute atomic E-state index is 0.0469. The molecule has 2 fully saturated rings. The van der Waals surface area contributed by atoms with Gasteiger partial charge < -0.3 is 14.4 Å². The van der Waals surface area contributed by atoms with Gasteiger partial charge in [0, 0.05) is 18.9 Å². The maximum Gasteiger partial charge on any atom is 0.224 e. The molecule has 1 saturated carbocycles. The predicted molar refractivity (Wildman–Crippen MR) is 85.4 cm³/mol. The number of benzene rings is 1. The molecular formula is C18H22N2O3. The molecule has 1 aliphatic carbocycles. The van der Waals surface area contributed by atoms with Crippen molar-refractivity contribution in [3.05, 3.63) is 23.8 Å². The average Bonchev–Trinajstić information content (AvgIpc) is 3.18. The Kier molecular flexibility index (Phi) is 4.71. The lowest BCUT2D eigenvalue weighted by Gasteiger charge is -2.18. The van der Waals surface area contributed by atoms with Crippen LogP contribution in [-0.2, 0) is 4.79 Å². The van der Waals surface area contributed by atoms with E-state index < -0.39 is 0 Å². The van der Waals surface area contributed by atoms with Gasteiger partial charge in [-0.3, -0.25) is 4.79 Å². The van der Waals surface area contributed by atoms with E-state index in [4.69, 9.17) is 14.7 Å². The topological polar surface area (TPSA) is 62.6 Å². The van der Waals surface area contributed by atoms with Crippen LogP contribution in [0.5, 0.6) is 11.5 Å². The third-order valence-electron chi connectivity index (χ3n) is 4.73. The van der Waals surface area contributed by atoms with Gasteiger partial charge in [0.15, 0.2) is 11.5 Å². The zero-order valence-electron chi connectivity index (χ0n) is 13.5. The summed E-state index contributed by atoms with van der Waals surface area (Å²) in [7, 11) is 1.64. The molecule has 5 heteroatoms. The van der Waals surface area contributed by atoms with Crippen LogP contribution < -0.4 is 9.47 Å². The molecule has 1 amide bonds. The van der Waals surface area contributed by atoms with Crippen LogP contribution in [0.15, 0.2) is 18.2 Å². The Morgan fingerprint density at radius 3 is 2.78 bits per heavy atom. The van der Waals surface area contributed by atoms with Crippen molar-refractivity contribution in [1.29, 1.82) is 5.26 Å². The van der Waals surface area contributed by atoms with Gasteiger partial charge in [0.05, 0.1) is 19.3 Å². The minimum Gasteiger partial charge on any atom is -0.493 e. The average molecular weight is 314 g/mol. The van der Waals surface area contributed by atoms with Crippen LogP contribution in [-0.4, -0.2) is 37.1 Å². The Bertz CT molecular complexity index is 617. The van der Waals surface area contributed by atoms with E-state index in [9.17, 15) is 4.79 Å². The van der Waals surface area contributed by atoms with Crippen LogP contribution in [0.1, 0.15) is 43.6 Å². The van der Waals surface area contributed by atoms with Crippen LogP contribution in [0, 0.1) is 11.3 Å². The van der Waals surface area contributed by atoms with Gasteiger partial charge >= 0.3 is 0 Å². The van der Waals surface area contributed by atoms with Gasteiger partial charge in [0.25, 0.3) is 0 Å². The molecule has 0 N–H and O–H groups in total. The summed E-state index contributed by atoms with van der Waals surface area (Å²) in [5.41, 5.74) is 1.08. The molecule has 1 atom stereocenters. The molecule has 2 aliphatic rings. The van der Waals surface area contributed by atoms with E-state index in [0.29, 0.717) is 13.0 Å². The molecule has 1 unspecified atom stereocenters. The second kappa shape index (κ2) is 6.91. The molecular weight excluding hydrogens is 292 g/mol. The largest absolute Gasteiger partial charge is 0.493 e. The van der Waals surface area contributed by atoms with Crippen molar-refractivity contribution in [2.24, 2.45) is 0 Å². The monoisotopic (exact) mass is 314 g/mol. The van der Waals surface area contributed by atoms with E-state index in [2.05, 4.69) is 6.07 Å². The number of likely N-dealkylation sites (tertiary alicyclic amines) is 1. The smallest absolute Gasteiger partial charge is 0.224 e. The molecule has 0 bridgehead atoms. The van der Waals surface area contributed by atoms with Crippen LogP contribution in [0.3, 0.4) is 0 Å². The molecule has 0 spiro atoms. The van der Waals surface area contributed by atoms with Gasteiger partial charge in [-0.05, 0) is 43.4 Å². The lowest BCUT2D eigenvalue weighted by molar-refractivity contribution is -0.127. The first-order chi connectivity index (χ1) is 11.2. The minimum atomic E-state index is 0.0469. The van der Waals surface area contributed by atoms with Crippen molar-refractivity contribution in [2.45, 2.75) is 44.1 Å². The highest BCUT2D eigenvalue weighted by Crippen LogP contribution is 2.36. The van der Waals surface area contributed by atoms with Gasteiger partial charge in [-0.1, -0.05) is 6.07 Å². The zero-order valence-corrected chi connectivity index (χ0v) is 13.5. The van der Waals surface area contributed by atoms with Crippen molar-refractivity contribution in [2.75, 3.05) is 20.2 Å². The molecule has 23 heavy (non-hydrogen) atoms. The third kappa shape index (κ3) is 3.42. The fourth-order valence-electron chi connectivity index (χ4n) is 3.46. The van der Waals surface area contributed by atoms with E-state index in [-0.39, 0.29) is 24.5 Å². The van der Waals surface area contributed by atoms with Crippen molar-refractivity contribution in [3.63, 3.8) is 0 Å². The Morgan fingerprint density at radius 2 is 2.09 bits per heavy atom. The Balaban J connectivity index is 1.77. The number of hydrogen-bond donors (Lipinski definition) is 0. The molecule has 1 aromatic carbocycles. The first-order valence-electron chi connectivity index (χ1n) is 8.20. The standard InChI is InChI=1S/C18H22N2O3/c1-22-16-7-6-13(10-17(16)23-15-4-2-3-5-15)14-11-18(21)20(12-14)9-8-19/h6-7,10,14-15H,2-5,9,11-12H2,1H3. The number of nitriles is 1. The maximum absolute atomic E-state index is 12.0. The van der Waals surface area contributed by atoms with Crippen LogP contribution in [0.25, 0.3) is 0 Å². The van der Waals surface area contributed by atoms with E-state index in [1.807, 2.05) is 18.2 Å². The van der Waals surface area contributed by atoms with Gasteiger partial charge in [0.1, 0.15) is 6.54 Å². The fraction of sp³-hybridized carbons (Fsp3) is 0.556. The molecule has 1 aromatic rings. The zero-order chi connectivity index (χ0) is 16.2. The number of amides is 1. The number of carbonyl (C=O) groups excluding carboxylic acids is 1. The summed E-state index contributed by atoms with van der Waals surface area (Å²) in [6.07, 6.45) is 5.33. The van der Waals surface area contributed by atoms with Crippen molar-refractivity contribution in [1.82, 2.24) is 4.90 Å². The summed E-state index contributed by atoms with van der Waals surface area (Å²) in [5, 5.41) is 8.79. The molecule has 1 heterocycles. The fourth-order valence-corrected chi connectivity index (χ4v) is 3.46. The first-order valence-corrected chi connectivity index (χ1v) is 8.20. The highest BCUT2D eigenvalue weighted by atomic mass is 16.5. The van der Waals surface area contributed by atoms with Crippen molar-refractivity contribution in [3.8, 4) is 17.6 Å². The Labute approximate surface area is 136 Å². The normalized spacial score (nSPS) is 21.5. The van der Waals surface area contributed by atoms with Crippen molar-refractivity contribution >= 4 is 5.91 Å². The summed E-state index contributed by atoms with van der Waals surface area (Å²) in [5.74, 6) is 1.67. The van der Waals surface area contributed by atoms with E-state index >= 15 is 0 Å². The lowest BCUT2D eigenvalue weighted by Crippen LogP contribution is -2.25. The molecule has 1 aliphatic heterocycles. The summed E-state index contributed by atoms with van der Waals surface area (Å²) in [6, 6.07) is 7.96. The highest BCUT2D eigenvalue weighted by molar-refractivity contribution is 5.80. The molecule has 0 radical (unpaired) electrons. The van der Waals surface area contributed by atoms with E-state index in [0.717, 1.165) is 29.9 Å². The number of hydrogen-bond acceptors (Lipinski definition) is 4. The summed E-state index contributed by atoms with van der Waals surface area (Å²) in [6.45, 7) is 0.762. The number of rotatable bonds is 5. The van der Waals surface area contributed by atoms with Crippen LogP contribution in [0.4, 0.5) is 0 Å². The second-order valence-corrected chi connectivity index (χ2v) is 6.27. The summed E-state index contributed by atoms with van der Waals surface area (Å²) < 4.78 is 11.5. The number of methoxy groups -OCH3 is 1. The molecule has 0 aromatic heterocycles. The second-order valence-electron chi connectivity index (χ2n) is 6.27. The van der Waals surface area contributed by atoms with Crippen molar-refractivity contribution < 1.29 is 14.3 Å². The highest BCUT2D eigenvalue weighted by Gasteiger charge is 2.31. The molecule has 3 rings (SSSR count). The maximum atomic E-state index is 12.0. The van der Waals surface area contributed by atoms with Crippen LogP contribution >= 0.6 is 0 Å². The number of carbonyl (C=O) groups is 1. The van der Waals surface area contributed by atoms with Gasteiger partial charge in [-0.25, -0.2) is 0 Å². The Morgan fingerprint density at radius 1 is 1.30 bits per heavy atom. The van der Waals surface area contributed by atoms with Gasteiger partial charge in [-0.15, -0.1) is 0 Å². The van der Waals surface area contributed by atoms with Gasteiger partial charge in [-0.2, -0.15) is 5.26 Å². The summed E-state index contributed by atoms with van der Waals surface area (Å²) in [4.78, 5) is 13.6. The summed E-state index contributed by atoms with van der Waals surface area (Å²) >= 11 is 0. The lowest BCUT2D eigenvalue weighted by atomic mass is 9.98. The Hall–Kier alpha value is -2.22. The predicted octanol–water partition coefficient (Wildman–Crippen LogP) is 2.86. The molecule has 1 saturated heterocycles. The number of ether oxygens (including phenoxy) is 2. The SMILES string of the molecule is COc1ccc(C2CC(=O)N(CC#N)C2)cc1OC1CCCC1. The van der Waals surface area contributed by atoms with Gasteiger partial charge in [0.2, 0.25) is 5.91 Å². The van der Waals surface area contributed by atoms with E-state index in [1.165, 1.54) is 12.8 Å². The third-order valence-corrected chi connectivity index (χ3v) is 4.73. The quantitative estimate of drug-likeness (QED) is 0.784. The first kappa shape index (κ1) is 15.7. The van der Waals surface area contributed by atoms with E-state index in [1.54, 1.807) is 12.0 Å². The molecule has 5 nitrogen and oxygen atoms in total. The molecule has 122 valence electrons. The van der Waals surface area contributed by atoms with Crippen LogP contribution in [0.2, 0.25) is 0 Å². The number of nitrogens with zero attached hydrogens (tertiary/aromatic N) is 2.